The zero-order valence-electron chi connectivity index (χ0n) is 13.4. The lowest BCUT2D eigenvalue weighted by atomic mass is 10.1. The Bertz CT molecular complexity index is 614. The van der Waals surface area contributed by atoms with Gasteiger partial charge in [0.05, 0.1) is 0 Å². The summed E-state index contributed by atoms with van der Waals surface area (Å²) in [6.07, 6.45) is 0. The van der Waals surface area contributed by atoms with Gasteiger partial charge < -0.3 is 10.2 Å². The summed E-state index contributed by atoms with van der Waals surface area (Å²) < 4.78 is 1.14. The first-order valence-electron chi connectivity index (χ1n) is 7.47. The Hall–Kier alpha value is -0.970. The fourth-order valence-electron chi connectivity index (χ4n) is 2.31. The third kappa shape index (κ3) is 5.34. The predicted molar refractivity (Wildman–Crippen MR) is 102 cm³/mol. The number of nitrogens with one attached hydrogen (secondary N) is 1. The Kier molecular flexibility index (Phi) is 6.80. The van der Waals surface area contributed by atoms with Gasteiger partial charge in [-0.15, -0.1) is 11.8 Å². The largest absolute Gasteiger partial charge is 0.381 e. The van der Waals surface area contributed by atoms with Crippen LogP contribution in [0.2, 0.25) is 0 Å². The molecule has 0 aliphatic rings. The Labute approximate surface area is 146 Å². The van der Waals surface area contributed by atoms with Crippen molar-refractivity contribution < 1.29 is 0 Å². The molecular formula is C18H23BrN2S. The van der Waals surface area contributed by atoms with Gasteiger partial charge >= 0.3 is 0 Å². The molecule has 118 valence electrons. The second-order valence-electron chi connectivity index (χ2n) is 5.48. The van der Waals surface area contributed by atoms with Gasteiger partial charge in [-0.2, -0.15) is 0 Å². The summed E-state index contributed by atoms with van der Waals surface area (Å²) in [6.45, 7) is 4.00. The fourth-order valence-corrected chi connectivity index (χ4v) is 3.67. The SMILES string of the molecule is CCSc1cc(Br)ccc1CNc1cccc(CN(C)C)c1. The monoisotopic (exact) mass is 378 g/mol. The molecule has 0 aliphatic heterocycles. The summed E-state index contributed by atoms with van der Waals surface area (Å²) in [7, 11) is 4.19. The van der Waals surface area contributed by atoms with Crippen LogP contribution >= 0.6 is 27.7 Å². The standard InChI is InChI=1S/C18H23BrN2S/c1-4-22-18-11-16(19)9-8-15(18)12-20-17-7-5-6-14(10-17)13-21(2)3/h5-11,20H,4,12-13H2,1-3H3. The molecular weight excluding hydrogens is 356 g/mol. The summed E-state index contributed by atoms with van der Waals surface area (Å²) >= 11 is 5.44. The van der Waals surface area contributed by atoms with E-state index in [1.54, 1.807) is 0 Å². The maximum absolute atomic E-state index is 3.56. The summed E-state index contributed by atoms with van der Waals surface area (Å²) in [6, 6.07) is 15.1. The van der Waals surface area contributed by atoms with Crippen molar-refractivity contribution in [3.63, 3.8) is 0 Å². The first-order chi connectivity index (χ1) is 10.6. The van der Waals surface area contributed by atoms with Gasteiger partial charge in [0.2, 0.25) is 0 Å². The molecule has 0 fully saturated rings. The highest BCUT2D eigenvalue weighted by atomic mass is 79.9. The topological polar surface area (TPSA) is 15.3 Å². The molecule has 2 rings (SSSR count). The fraction of sp³-hybridized carbons (Fsp3) is 0.333. The van der Waals surface area contributed by atoms with E-state index in [1.807, 2.05) is 11.8 Å². The minimum Gasteiger partial charge on any atom is -0.381 e. The summed E-state index contributed by atoms with van der Waals surface area (Å²) in [5, 5.41) is 3.55. The van der Waals surface area contributed by atoms with Gasteiger partial charge in [0.1, 0.15) is 0 Å². The summed E-state index contributed by atoms with van der Waals surface area (Å²) in [5.41, 5.74) is 3.84. The number of nitrogens with zero attached hydrogens (tertiary/aromatic N) is 1. The van der Waals surface area contributed by atoms with E-state index in [2.05, 4.69) is 89.6 Å². The van der Waals surface area contributed by atoms with E-state index in [4.69, 9.17) is 0 Å². The molecule has 0 saturated heterocycles. The number of thioether (sulfide) groups is 1. The van der Waals surface area contributed by atoms with E-state index in [0.29, 0.717) is 0 Å². The molecule has 0 spiro atoms. The number of rotatable bonds is 7. The van der Waals surface area contributed by atoms with E-state index < -0.39 is 0 Å². The highest BCUT2D eigenvalue weighted by Crippen LogP contribution is 2.27. The first-order valence-corrected chi connectivity index (χ1v) is 9.25. The zero-order valence-corrected chi connectivity index (χ0v) is 15.8. The third-order valence-electron chi connectivity index (χ3n) is 3.24. The Morgan fingerprint density at radius 1 is 1.14 bits per heavy atom. The summed E-state index contributed by atoms with van der Waals surface area (Å²) in [4.78, 5) is 3.53. The molecule has 0 radical (unpaired) electrons. The molecule has 0 heterocycles. The van der Waals surface area contributed by atoms with Crippen LogP contribution in [0.5, 0.6) is 0 Å². The Morgan fingerprint density at radius 2 is 1.95 bits per heavy atom. The van der Waals surface area contributed by atoms with Gasteiger partial charge in [0, 0.05) is 28.1 Å². The number of hydrogen-bond donors (Lipinski definition) is 1. The van der Waals surface area contributed by atoms with Gasteiger partial charge in [-0.25, -0.2) is 0 Å². The van der Waals surface area contributed by atoms with Crippen molar-refractivity contribution in [1.29, 1.82) is 0 Å². The van der Waals surface area contributed by atoms with Crippen LogP contribution in [0.3, 0.4) is 0 Å². The maximum Gasteiger partial charge on any atom is 0.0411 e. The lowest BCUT2D eigenvalue weighted by Gasteiger charge is -2.14. The van der Waals surface area contributed by atoms with E-state index in [0.717, 1.165) is 23.3 Å². The minimum atomic E-state index is 0.848. The highest BCUT2D eigenvalue weighted by Gasteiger charge is 2.04. The molecule has 2 aromatic rings. The Morgan fingerprint density at radius 3 is 2.68 bits per heavy atom. The molecule has 0 aliphatic carbocycles. The van der Waals surface area contributed by atoms with Crippen LogP contribution in [-0.2, 0) is 13.1 Å². The van der Waals surface area contributed by atoms with Crippen molar-refractivity contribution >= 4 is 33.4 Å². The van der Waals surface area contributed by atoms with Gasteiger partial charge in [0.25, 0.3) is 0 Å². The number of benzene rings is 2. The van der Waals surface area contributed by atoms with Crippen molar-refractivity contribution in [2.75, 3.05) is 25.2 Å². The molecule has 0 atom stereocenters. The van der Waals surface area contributed by atoms with Crippen molar-refractivity contribution in [3.05, 3.63) is 58.1 Å². The molecule has 0 amide bonds. The Balaban J connectivity index is 2.06. The number of halogens is 1. The van der Waals surface area contributed by atoms with E-state index >= 15 is 0 Å². The van der Waals surface area contributed by atoms with E-state index in [9.17, 15) is 0 Å². The van der Waals surface area contributed by atoms with Crippen LogP contribution in [-0.4, -0.2) is 24.7 Å². The van der Waals surface area contributed by atoms with Crippen LogP contribution < -0.4 is 5.32 Å². The molecule has 1 N–H and O–H groups in total. The van der Waals surface area contributed by atoms with E-state index in [1.165, 1.54) is 21.7 Å². The smallest absolute Gasteiger partial charge is 0.0411 e. The van der Waals surface area contributed by atoms with Gasteiger partial charge in [-0.05, 0) is 55.2 Å². The lowest BCUT2D eigenvalue weighted by Crippen LogP contribution is -2.10. The van der Waals surface area contributed by atoms with Crippen molar-refractivity contribution in [3.8, 4) is 0 Å². The van der Waals surface area contributed by atoms with Gasteiger partial charge in [-0.3, -0.25) is 0 Å². The predicted octanol–water partition coefficient (Wildman–Crippen LogP) is 5.23. The van der Waals surface area contributed by atoms with Crippen LogP contribution in [0.4, 0.5) is 5.69 Å². The average molecular weight is 379 g/mol. The molecule has 2 nitrogen and oxygen atoms in total. The van der Waals surface area contributed by atoms with E-state index in [-0.39, 0.29) is 0 Å². The first kappa shape index (κ1) is 17.4. The average Bonchev–Trinajstić information content (AvgIpc) is 2.46. The maximum atomic E-state index is 3.56. The quantitative estimate of drug-likeness (QED) is 0.663. The van der Waals surface area contributed by atoms with Gasteiger partial charge in [0.15, 0.2) is 0 Å². The normalized spacial score (nSPS) is 11.0. The minimum absolute atomic E-state index is 0.848. The summed E-state index contributed by atoms with van der Waals surface area (Å²) in [5.74, 6) is 1.09. The van der Waals surface area contributed by atoms with Crippen molar-refractivity contribution in [2.24, 2.45) is 0 Å². The van der Waals surface area contributed by atoms with Crippen LogP contribution in [0.25, 0.3) is 0 Å². The molecule has 0 saturated carbocycles. The van der Waals surface area contributed by atoms with Crippen LogP contribution in [0, 0.1) is 0 Å². The third-order valence-corrected chi connectivity index (χ3v) is 4.71. The van der Waals surface area contributed by atoms with Crippen molar-refractivity contribution in [2.45, 2.75) is 24.9 Å². The molecule has 0 unspecified atom stereocenters. The molecule has 0 bridgehead atoms. The molecule has 4 heteroatoms. The number of hydrogen-bond acceptors (Lipinski definition) is 3. The molecule has 22 heavy (non-hydrogen) atoms. The van der Waals surface area contributed by atoms with Crippen LogP contribution in [0.1, 0.15) is 18.1 Å². The second kappa shape index (κ2) is 8.61. The lowest BCUT2D eigenvalue weighted by molar-refractivity contribution is 0.402. The second-order valence-corrected chi connectivity index (χ2v) is 7.70. The highest BCUT2D eigenvalue weighted by molar-refractivity contribution is 9.10. The number of anilines is 1. The zero-order chi connectivity index (χ0) is 15.9. The molecule has 0 aromatic heterocycles. The van der Waals surface area contributed by atoms with Crippen LogP contribution in [0.15, 0.2) is 51.8 Å². The molecule has 2 aromatic carbocycles. The van der Waals surface area contributed by atoms with Gasteiger partial charge in [-0.1, -0.05) is 41.1 Å². The van der Waals surface area contributed by atoms with Crippen molar-refractivity contribution in [1.82, 2.24) is 4.90 Å².